The molecule has 0 radical (unpaired) electrons. The van der Waals surface area contributed by atoms with Crippen LogP contribution in [0.2, 0.25) is 0 Å². The van der Waals surface area contributed by atoms with Gasteiger partial charge < -0.3 is 19.8 Å². The first-order chi connectivity index (χ1) is 14.6. The standard InChI is InChI=1S/C23H29NO5S/c25-14-4-2-1-3-5-17-6-8-18(9-7-17)24-19(10-13-22(24)26)15-29-16-20-11-12-21(30-20)23(27)28/h6-9,11-12,19,25H,1-5,10,13-16H2,(H,27,28)/t19-/m0/s1. The molecule has 2 heterocycles. The number of aliphatic hydroxyl groups excluding tert-OH is 1. The largest absolute Gasteiger partial charge is 0.477 e. The molecule has 0 aliphatic carbocycles. The van der Waals surface area contributed by atoms with Crippen molar-refractivity contribution in [3.05, 3.63) is 51.7 Å². The highest BCUT2D eigenvalue weighted by molar-refractivity contribution is 7.13. The Morgan fingerprint density at radius 3 is 2.57 bits per heavy atom. The van der Waals surface area contributed by atoms with Crippen molar-refractivity contribution in [3.8, 4) is 0 Å². The monoisotopic (exact) mass is 431 g/mol. The maximum Gasteiger partial charge on any atom is 0.345 e. The van der Waals surface area contributed by atoms with Gasteiger partial charge in [-0.3, -0.25) is 4.79 Å². The van der Waals surface area contributed by atoms with Crippen molar-refractivity contribution in [2.24, 2.45) is 0 Å². The summed E-state index contributed by atoms with van der Waals surface area (Å²) in [5.41, 5.74) is 2.16. The van der Waals surface area contributed by atoms with Crippen LogP contribution >= 0.6 is 11.3 Å². The summed E-state index contributed by atoms with van der Waals surface area (Å²) in [5, 5.41) is 17.8. The predicted molar refractivity (Wildman–Crippen MR) is 117 cm³/mol. The minimum absolute atomic E-state index is 0.000683. The number of unbranched alkanes of at least 4 members (excludes halogenated alkanes) is 3. The van der Waals surface area contributed by atoms with E-state index in [4.69, 9.17) is 14.9 Å². The smallest absolute Gasteiger partial charge is 0.345 e. The van der Waals surface area contributed by atoms with E-state index in [-0.39, 0.29) is 18.6 Å². The second-order valence-electron chi connectivity index (χ2n) is 7.60. The molecule has 7 heteroatoms. The molecule has 1 fully saturated rings. The lowest BCUT2D eigenvalue weighted by Gasteiger charge is -2.25. The van der Waals surface area contributed by atoms with Crippen molar-refractivity contribution in [3.63, 3.8) is 0 Å². The van der Waals surface area contributed by atoms with E-state index in [1.165, 1.54) is 16.9 Å². The van der Waals surface area contributed by atoms with Gasteiger partial charge in [-0.05, 0) is 55.5 Å². The Kier molecular flexibility index (Phi) is 8.42. The summed E-state index contributed by atoms with van der Waals surface area (Å²) >= 11 is 1.22. The van der Waals surface area contributed by atoms with Crippen LogP contribution in [0.1, 0.15) is 58.6 Å². The molecule has 1 saturated heterocycles. The number of aliphatic hydroxyl groups is 1. The first-order valence-corrected chi connectivity index (χ1v) is 11.3. The van der Waals surface area contributed by atoms with Crippen LogP contribution in [0.4, 0.5) is 5.69 Å². The molecule has 162 valence electrons. The van der Waals surface area contributed by atoms with Crippen LogP contribution in [0.15, 0.2) is 36.4 Å². The zero-order valence-corrected chi connectivity index (χ0v) is 17.9. The number of aromatic carboxylic acids is 1. The first kappa shape index (κ1) is 22.5. The molecule has 1 amide bonds. The predicted octanol–water partition coefficient (Wildman–Crippen LogP) is 4.25. The molecule has 1 aliphatic heterocycles. The molecule has 1 aromatic heterocycles. The van der Waals surface area contributed by atoms with Crippen molar-refractivity contribution in [2.45, 2.75) is 57.6 Å². The molecule has 3 rings (SSSR count). The van der Waals surface area contributed by atoms with Gasteiger partial charge in [-0.2, -0.15) is 0 Å². The second kappa shape index (κ2) is 11.2. The van der Waals surface area contributed by atoms with Crippen LogP contribution in [0, 0.1) is 0 Å². The number of carbonyl (C=O) groups excluding carboxylic acids is 1. The van der Waals surface area contributed by atoms with Crippen LogP contribution in [0.3, 0.4) is 0 Å². The minimum Gasteiger partial charge on any atom is -0.477 e. The number of anilines is 1. The van der Waals surface area contributed by atoms with Crippen molar-refractivity contribution in [2.75, 3.05) is 18.1 Å². The van der Waals surface area contributed by atoms with Crippen LogP contribution in [-0.4, -0.2) is 41.3 Å². The van der Waals surface area contributed by atoms with E-state index in [9.17, 15) is 9.59 Å². The number of thiophene rings is 1. The Morgan fingerprint density at radius 2 is 1.87 bits per heavy atom. The number of carboxylic acid groups (broad SMARTS) is 1. The number of carboxylic acids is 1. The van der Waals surface area contributed by atoms with Gasteiger partial charge in [-0.1, -0.05) is 25.0 Å². The molecule has 1 atom stereocenters. The summed E-state index contributed by atoms with van der Waals surface area (Å²) < 4.78 is 5.81. The van der Waals surface area contributed by atoms with Gasteiger partial charge in [-0.15, -0.1) is 11.3 Å². The molecule has 1 aromatic carbocycles. The van der Waals surface area contributed by atoms with Gasteiger partial charge >= 0.3 is 5.97 Å². The van der Waals surface area contributed by atoms with E-state index < -0.39 is 5.97 Å². The third kappa shape index (κ3) is 6.14. The van der Waals surface area contributed by atoms with E-state index >= 15 is 0 Å². The number of benzene rings is 1. The molecule has 6 nitrogen and oxygen atoms in total. The Labute approximate surface area is 181 Å². The van der Waals surface area contributed by atoms with Crippen LogP contribution < -0.4 is 4.90 Å². The van der Waals surface area contributed by atoms with Gasteiger partial charge in [0.05, 0.1) is 19.3 Å². The second-order valence-corrected chi connectivity index (χ2v) is 8.77. The molecule has 0 saturated carbocycles. The highest BCUT2D eigenvalue weighted by Gasteiger charge is 2.32. The summed E-state index contributed by atoms with van der Waals surface area (Å²) in [6.45, 7) is 1.05. The molecule has 0 unspecified atom stereocenters. The van der Waals surface area contributed by atoms with Crippen LogP contribution in [0.5, 0.6) is 0 Å². The molecule has 0 spiro atoms. The lowest BCUT2D eigenvalue weighted by Crippen LogP contribution is -2.36. The third-order valence-corrected chi connectivity index (χ3v) is 6.39. The van der Waals surface area contributed by atoms with Gasteiger partial charge in [0.1, 0.15) is 4.88 Å². The summed E-state index contributed by atoms with van der Waals surface area (Å²) in [6, 6.07) is 11.6. The van der Waals surface area contributed by atoms with E-state index in [0.29, 0.717) is 24.5 Å². The maximum atomic E-state index is 12.4. The molecule has 0 bridgehead atoms. The molecule has 30 heavy (non-hydrogen) atoms. The first-order valence-electron chi connectivity index (χ1n) is 10.5. The number of hydrogen-bond acceptors (Lipinski definition) is 5. The van der Waals surface area contributed by atoms with Crippen molar-refractivity contribution in [1.29, 1.82) is 0 Å². The highest BCUT2D eigenvalue weighted by Crippen LogP contribution is 2.28. The Hall–Kier alpha value is -2.22. The maximum absolute atomic E-state index is 12.4. The fourth-order valence-corrected chi connectivity index (χ4v) is 4.52. The van der Waals surface area contributed by atoms with Crippen LogP contribution in [-0.2, 0) is 22.6 Å². The van der Waals surface area contributed by atoms with E-state index in [0.717, 1.165) is 49.1 Å². The third-order valence-electron chi connectivity index (χ3n) is 5.34. The van der Waals surface area contributed by atoms with E-state index in [2.05, 4.69) is 12.1 Å². The fourth-order valence-electron chi connectivity index (χ4n) is 3.74. The average molecular weight is 432 g/mol. The minimum atomic E-state index is -0.924. The molecule has 2 N–H and O–H groups in total. The summed E-state index contributed by atoms with van der Waals surface area (Å²) in [5.74, 6) is -0.808. The van der Waals surface area contributed by atoms with Gasteiger partial charge in [-0.25, -0.2) is 4.79 Å². The highest BCUT2D eigenvalue weighted by atomic mass is 32.1. The molecular formula is C23H29NO5S. The van der Waals surface area contributed by atoms with Crippen LogP contribution in [0.25, 0.3) is 0 Å². The van der Waals surface area contributed by atoms with Gasteiger partial charge in [0.15, 0.2) is 0 Å². The molecule has 1 aliphatic rings. The average Bonchev–Trinajstić information content (AvgIpc) is 3.36. The lowest BCUT2D eigenvalue weighted by molar-refractivity contribution is -0.117. The van der Waals surface area contributed by atoms with Crippen molar-refractivity contribution >= 4 is 28.9 Å². The molecular weight excluding hydrogens is 402 g/mol. The van der Waals surface area contributed by atoms with Gasteiger partial charge in [0.25, 0.3) is 0 Å². The van der Waals surface area contributed by atoms with E-state index in [1.54, 1.807) is 12.1 Å². The normalized spacial score (nSPS) is 16.4. The lowest BCUT2D eigenvalue weighted by atomic mass is 10.1. The van der Waals surface area contributed by atoms with Gasteiger partial charge in [0, 0.05) is 23.6 Å². The number of hydrogen-bond donors (Lipinski definition) is 2. The molecule has 2 aromatic rings. The summed E-state index contributed by atoms with van der Waals surface area (Å²) in [6.07, 6.45) is 6.42. The quantitative estimate of drug-likeness (QED) is 0.491. The SMILES string of the molecule is O=C(O)c1ccc(COC[C@@H]2CCC(=O)N2c2ccc(CCCCCCO)cc2)s1. The summed E-state index contributed by atoms with van der Waals surface area (Å²) in [4.78, 5) is 26.4. The Morgan fingerprint density at radius 1 is 1.10 bits per heavy atom. The number of nitrogens with zero attached hydrogens (tertiary/aromatic N) is 1. The zero-order chi connectivity index (χ0) is 21.3. The number of ether oxygens (including phenoxy) is 1. The van der Waals surface area contributed by atoms with Gasteiger partial charge in [0.2, 0.25) is 5.91 Å². The number of amides is 1. The Balaban J connectivity index is 1.50. The number of aryl methyl sites for hydroxylation is 1. The number of rotatable bonds is 12. The Bertz CT molecular complexity index is 832. The fraction of sp³-hybridized carbons (Fsp3) is 0.478. The topological polar surface area (TPSA) is 87.1 Å². The van der Waals surface area contributed by atoms with Crippen molar-refractivity contribution < 1.29 is 24.5 Å². The van der Waals surface area contributed by atoms with Crippen molar-refractivity contribution in [1.82, 2.24) is 0 Å². The number of carbonyl (C=O) groups is 2. The van der Waals surface area contributed by atoms with E-state index in [1.807, 2.05) is 17.0 Å². The summed E-state index contributed by atoms with van der Waals surface area (Å²) in [7, 11) is 0. The zero-order valence-electron chi connectivity index (χ0n) is 17.1.